The summed E-state index contributed by atoms with van der Waals surface area (Å²) in [5, 5.41) is 3.02. The van der Waals surface area contributed by atoms with Gasteiger partial charge in [-0.15, -0.1) is 12.4 Å². The smallest absolute Gasteiger partial charge is 0.225 e. The molecule has 0 saturated carbocycles. The van der Waals surface area contributed by atoms with Crippen LogP contribution in [0.4, 0.5) is 0 Å². The van der Waals surface area contributed by atoms with Crippen molar-refractivity contribution in [3.8, 4) is 0 Å². The molecule has 1 saturated heterocycles. The number of nitrogens with zero attached hydrogens (tertiary/aromatic N) is 1. The van der Waals surface area contributed by atoms with Gasteiger partial charge in [0, 0.05) is 25.6 Å². The summed E-state index contributed by atoms with van der Waals surface area (Å²) in [7, 11) is 0. The van der Waals surface area contributed by atoms with Crippen LogP contribution < -0.4 is 11.1 Å². The summed E-state index contributed by atoms with van der Waals surface area (Å²) in [6.07, 6.45) is 1.13. The maximum Gasteiger partial charge on any atom is 0.225 e. The molecule has 1 heterocycles. The first kappa shape index (κ1) is 21.5. The molecule has 1 aromatic rings. The quantitative estimate of drug-likeness (QED) is 0.777. The molecular weight excluding hydrogens is 338 g/mol. The van der Waals surface area contributed by atoms with Crippen LogP contribution in [0.25, 0.3) is 0 Å². The first-order valence-electron chi connectivity index (χ1n) is 8.77. The van der Waals surface area contributed by atoms with Crippen LogP contribution in [0.1, 0.15) is 45.2 Å². The molecule has 3 N–H and O–H groups in total. The monoisotopic (exact) mass is 367 g/mol. The van der Waals surface area contributed by atoms with Crippen molar-refractivity contribution in [1.82, 2.24) is 10.2 Å². The fourth-order valence-corrected chi connectivity index (χ4v) is 3.30. The van der Waals surface area contributed by atoms with Gasteiger partial charge in [-0.25, -0.2) is 0 Å². The Morgan fingerprint density at radius 3 is 2.48 bits per heavy atom. The lowest BCUT2D eigenvalue weighted by Crippen LogP contribution is -2.44. The molecule has 1 fully saturated rings. The summed E-state index contributed by atoms with van der Waals surface area (Å²) in [6, 6.07) is 9.88. The van der Waals surface area contributed by atoms with Crippen LogP contribution in [0.5, 0.6) is 0 Å². The second-order valence-corrected chi connectivity index (χ2v) is 7.10. The third-order valence-corrected chi connectivity index (χ3v) is 4.67. The number of nitrogens with one attached hydrogen (secondary N) is 1. The number of nitrogens with two attached hydrogens (primary N) is 1. The summed E-state index contributed by atoms with van der Waals surface area (Å²) in [6.45, 7) is 7.12. The first-order valence-corrected chi connectivity index (χ1v) is 8.77. The van der Waals surface area contributed by atoms with Gasteiger partial charge in [-0.05, 0) is 24.8 Å². The Morgan fingerprint density at radius 2 is 1.92 bits per heavy atom. The Kier molecular flexibility index (Phi) is 8.39. The first-order chi connectivity index (χ1) is 11.4. The van der Waals surface area contributed by atoms with Gasteiger partial charge in [0.25, 0.3) is 0 Å². The van der Waals surface area contributed by atoms with Crippen molar-refractivity contribution in [2.45, 2.75) is 45.7 Å². The summed E-state index contributed by atoms with van der Waals surface area (Å²) >= 11 is 0. The number of amides is 2. The summed E-state index contributed by atoms with van der Waals surface area (Å²) in [4.78, 5) is 26.7. The number of rotatable bonds is 7. The molecule has 1 aliphatic heterocycles. The molecule has 25 heavy (non-hydrogen) atoms. The fourth-order valence-electron chi connectivity index (χ4n) is 3.30. The van der Waals surface area contributed by atoms with Gasteiger partial charge < -0.3 is 16.0 Å². The molecule has 0 spiro atoms. The molecule has 6 heteroatoms. The minimum Gasteiger partial charge on any atom is -0.352 e. The number of hydrogen-bond donors (Lipinski definition) is 2. The molecular formula is C19H30ClN3O2. The van der Waals surface area contributed by atoms with Crippen LogP contribution >= 0.6 is 12.4 Å². The van der Waals surface area contributed by atoms with E-state index in [9.17, 15) is 9.59 Å². The molecule has 3 unspecified atom stereocenters. The van der Waals surface area contributed by atoms with Gasteiger partial charge in [0.15, 0.2) is 0 Å². The van der Waals surface area contributed by atoms with E-state index in [-0.39, 0.29) is 48.6 Å². The molecule has 2 rings (SSSR count). The lowest BCUT2D eigenvalue weighted by molar-refractivity contribution is -0.130. The van der Waals surface area contributed by atoms with E-state index in [2.05, 4.69) is 19.2 Å². The third kappa shape index (κ3) is 5.72. The highest BCUT2D eigenvalue weighted by Crippen LogP contribution is 2.28. The minimum absolute atomic E-state index is 0. The molecule has 5 nitrogen and oxygen atoms in total. The largest absolute Gasteiger partial charge is 0.352 e. The van der Waals surface area contributed by atoms with Crippen molar-refractivity contribution in [2.24, 2.45) is 17.6 Å². The number of carbonyl (C=O) groups is 2. The molecule has 0 radical (unpaired) electrons. The van der Waals surface area contributed by atoms with E-state index < -0.39 is 0 Å². The van der Waals surface area contributed by atoms with E-state index in [4.69, 9.17) is 5.73 Å². The van der Waals surface area contributed by atoms with Gasteiger partial charge in [0.2, 0.25) is 11.8 Å². The van der Waals surface area contributed by atoms with Crippen molar-refractivity contribution in [1.29, 1.82) is 0 Å². The predicted octanol–water partition coefficient (Wildman–Crippen LogP) is 2.51. The van der Waals surface area contributed by atoms with Crippen LogP contribution in [0.3, 0.4) is 0 Å². The highest BCUT2D eigenvalue weighted by molar-refractivity contribution is 5.89. The topological polar surface area (TPSA) is 75.4 Å². The van der Waals surface area contributed by atoms with Gasteiger partial charge in [0.05, 0.1) is 12.0 Å². The van der Waals surface area contributed by atoms with E-state index in [0.29, 0.717) is 19.0 Å². The predicted molar refractivity (Wildman–Crippen MR) is 102 cm³/mol. The summed E-state index contributed by atoms with van der Waals surface area (Å²) in [5.41, 5.74) is 6.84. The summed E-state index contributed by atoms with van der Waals surface area (Å²) in [5.74, 6) is 0.172. The van der Waals surface area contributed by atoms with Crippen molar-refractivity contribution < 1.29 is 9.59 Å². The second kappa shape index (κ2) is 9.78. The van der Waals surface area contributed by atoms with E-state index >= 15 is 0 Å². The van der Waals surface area contributed by atoms with Crippen molar-refractivity contribution in [2.75, 3.05) is 13.1 Å². The van der Waals surface area contributed by atoms with Crippen LogP contribution in [-0.4, -0.2) is 35.8 Å². The van der Waals surface area contributed by atoms with Gasteiger partial charge in [-0.3, -0.25) is 9.59 Å². The van der Waals surface area contributed by atoms with E-state index in [1.165, 1.54) is 0 Å². The third-order valence-electron chi connectivity index (χ3n) is 4.67. The zero-order valence-electron chi connectivity index (χ0n) is 15.3. The van der Waals surface area contributed by atoms with Crippen LogP contribution in [0, 0.1) is 11.8 Å². The Labute approximate surface area is 156 Å². The molecule has 140 valence electrons. The highest BCUT2D eigenvalue weighted by Gasteiger charge is 2.37. The molecule has 0 bridgehead atoms. The highest BCUT2D eigenvalue weighted by atomic mass is 35.5. The molecule has 1 aliphatic rings. The average Bonchev–Trinajstić information content (AvgIpc) is 2.95. The standard InChI is InChI=1S/C19H29N3O2.ClH/c1-13(2)9-17(11-20)21-19(24)16-10-18(23)22(12-16)14(3)15-7-5-4-6-8-15;/h4-8,13-14,16-17H,9-12,20H2,1-3H3,(H,21,24);1H. The molecule has 0 aliphatic carbocycles. The number of carbonyl (C=O) groups excluding carboxylic acids is 2. The number of benzene rings is 1. The normalized spacial score (nSPS) is 19.5. The van der Waals surface area contributed by atoms with E-state index in [1.54, 1.807) is 4.90 Å². The summed E-state index contributed by atoms with van der Waals surface area (Å²) < 4.78 is 0. The number of likely N-dealkylation sites (tertiary alicyclic amines) is 1. The maximum absolute atomic E-state index is 12.5. The fraction of sp³-hybridized carbons (Fsp3) is 0.579. The molecule has 3 atom stereocenters. The molecule has 0 aromatic heterocycles. The van der Waals surface area contributed by atoms with E-state index in [1.807, 2.05) is 37.3 Å². The van der Waals surface area contributed by atoms with Crippen molar-refractivity contribution in [3.05, 3.63) is 35.9 Å². The van der Waals surface area contributed by atoms with Crippen molar-refractivity contribution >= 4 is 24.2 Å². The van der Waals surface area contributed by atoms with Gasteiger partial charge in [-0.1, -0.05) is 44.2 Å². The number of hydrogen-bond acceptors (Lipinski definition) is 3. The Morgan fingerprint density at radius 1 is 1.28 bits per heavy atom. The number of halogens is 1. The molecule has 1 aromatic carbocycles. The maximum atomic E-state index is 12.5. The van der Waals surface area contributed by atoms with Gasteiger partial charge >= 0.3 is 0 Å². The van der Waals surface area contributed by atoms with Crippen LogP contribution in [0.2, 0.25) is 0 Å². The lowest BCUT2D eigenvalue weighted by Gasteiger charge is -2.25. The zero-order chi connectivity index (χ0) is 17.7. The lowest BCUT2D eigenvalue weighted by atomic mass is 10.0. The average molecular weight is 368 g/mol. The second-order valence-electron chi connectivity index (χ2n) is 7.10. The van der Waals surface area contributed by atoms with Crippen LogP contribution in [0.15, 0.2) is 30.3 Å². The molecule has 2 amide bonds. The SMILES string of the molecule is CC(C)CC(CN)NC(=O)C1CC(=O)N(C(C)c2ccccc2)C1.Cl. The Bertz CT molecular complexity index is 565. The minimum atomic E-state index is -0.287. The van der Waals surface area contributed by atoms with Crippen molar-refractivity contribution in [3.63, 3.8) is 0 Å². The van der Waals surface area contributed by atoms with Crippen LogP contribution in [-0.2, 0) is 9.59 Å². The zero-order valence-corrected chi connectivity index (χ0v) is 16.1. The van der Waals surface area contributed by atoms with Gasteiger partial charge in [-0.2, -0.15) is 0 Å². The Hall–Kier alpha value is -1.59. The van der Waals surface area contributed by atoms with Gasteiger partial charge in [0.1, 0.15) is 0 Å². The van der Waals surface area contributed by atoms with E-state index in [0.717, 1.165) is 12.0 Å². The Balaban J connectivity index is 0.00000312.